The van der Waals surface area contributed by atoms with Crippen LogP contribution in [0.1, 0.15) is 12.5 Å². The Hall–Kier alpha value is -2.12. The number of carbonyl (C=O) groups excluding carboxylic acids is 1. The number of nitrogens with one attached hydrogen (secondary N) is 1. The van der Waals surface area contributed by atoms with Gasteiger partial charge in [-0.1, -0.05) is 29.8 Å². The maximum absolute atomic E-state index is 13.4. The number of hydrogen-bond donors (Lipinski definition) is 1. The summed E-state index contributed by atoms with van der Waals surface area (Å²) in [5.74, 6) is -1.08. The van der Waals surface area contributed by atoms with Gasteiger partial charge in [-0.2, -0.15) is 0 Å². The third-order valence-electron chi connectivity index (χ3n) is 3.53. The Kier molecular flexibility index (Phi) is 6.02. The number of benzene rings is 2. The van der Waals surface area contributed by atoms with Gasteiger partial charge in [-0.25, -0.2) is 12.8 Å². The highest BCUT2D eigenvalue weighted by molar-refractivity contribution is 7.92. The van der Waals surface area contributed by atoms with Gasteiger partial charge in [0.2, 0.25) is 15.9 Å². The average molecular weight is 385 g/mol. The van der Waals surface area contributed by atoms with Gasteiger partial charge in [-0.3, -0.25) is 9.10 Å². The topological polar surface area (TPSA) is 66.5 Å². The molecule has 1 atom stereocenters. The van der Waals surface area contributed by atoms with E-state index in [1.54, 1.807) is 24.3 Å². The molecule has 0 aromatic heterocycles. The van der Waals surface area contributed by atoms with E-state index in [2.05, 4.69) is 5.32 Å². The Balaban J connectivity index is 2.17. The summed E-state index contributed by atoms with van der Waals surface area (Å²) >= 11 is 5.81. The maximum atomic E-state index is 13.4. The Bertz CT molecular complexity index is 856. The van der Waals surface area contributed by atoms with Gasteiger partial charge in [0.1, 0.15) is 11.9 Å². The number of nitrogens with zero attached hydrogens (tertiary/aromatic N) is 1. The Morgan fingerprint density at radius 1 is 1.24 bits per heavy atom. The van der Waals surface area contributed by atoms with Crippen molar-refractivity contribution in [3.63, 3.8) is 0 Å². The van der Waals surface area contributed by atoms with Crippen LogP contribution in [0.4, 0.5) is 10.1 Å². The lowest BCUT2D eigenvalue weighted by atomic mass is 10.2. The molecule has 2 aromatic carbocycles. The molecule has 134 valence electrons. The van der Waals surface area contributed by atoms with Crippen LogP contribution in [0.2, 0.25) is 5.02 Å². The fourth-order valence-corrected chi connectivity index (χ4v) is 3.65. The summed E-state index contributed by atoms with van der Waals surface area (Å²) in [6.07, 6.45) is 0.973. The molecule has 0 heterocycles. The van der Waals surface area contributed by atoms with Gasteiger partial charge in [0.25, 0.3) is 0 Å². The number of hydrogen-bond acceptors (Lipinski definition) is 3. The van der Waals surface area contributed by atoms with Crippen LogP contribution in [0, 0.1) is 5.82 Å². The van der Waals surface area contributed by atoms with Crippen molar-refractivity contribution in [1.82, 2.24) is 5.32 Å². The number of rotatable bonds is 6. The molecule has 1 N–H and O–H groups in total. The molecule has 0 aliphatic rings. The molecule has 2 rings (SSSR count). The second-order valence-electron chi connectivity index (χ2n) is 5.56. The van der Waals surface area contributed by atoms with Gasteiger partial charge in [-0.05, 0) is 42.8 Å². The first kappa shape index (κ1) is 19.2. The minimum absolute atomic E-state index is 0.0941. The van der Waals surface area contributed by atoms with Crippen molar-refractivity contribution >= 4 is 33.2 Å². The number of sulfonamides is 1. The second kappa shape index (κ2) is 7.84. The minimum Gasteiger partial charge on any atom is -0.350 e. The quantitative estimate of drug-likeness (QED) is 0.832. The lowest BCUT2D eigenvalue weighted by Gasteiger charge is -2.28. The normalized spacial score (nSPS) is 12.5. The van der Waals surface area contributed by atoms with Gasteiger partial charge in [-0.15, -0.1) is 0 Å². The summed E-state index contributed by atoms with van der Waals surface area (Å²) < 4.78 is 38.6. The highest BCUT2D eigenvalue weighted by atomic mass is 35.5. The molecule has 5 nitrogen and oxygen atoms in total. The number of amides is 1. The SMILES string of the molecule is C[C@H](C(=O)NCc1ccc(Cl)cc1)N(c1cccc(F)c1)S(C)(=O)=O. The van der Waals surface area contributed by atoms with Gasteiger partial charge < -0.3 is 5.32 Å². The van der Waals surface area contributed by atoms with E-state index in [4.69, 9.17) is 11.6 Å². The van der Waals surface area contributed by atoms with Crippen LogP contribution in [0.3, 0.4) is 0 Å². The van der Waals surface area contributed by atoms with Crippen molar-refractivity contribution in [1.29, 1.82) is 0 Å². The summed E-state index contributed by atoms with van der Waals surface area (Å²) in [5.41, 5.74) is 0.915. The van der Waals surface area contributed by atoms with Gasteiger partial charge in [0.05, 0.1) is 11.9 Å². The maximum Gasteiger partial charge on any atom is 0.243 e. The van der Waals surface area contributed by atoms with Crippen LogP contribution in [-0.2, 0) is 21.4 Å². The van der Waals surface area contributed by atoms with Gasteiger partial charge >= 0.3 is 0 Å². The van der Waals surface area contributed by atoms with Crippen LogP contribution in [0.15, 0.2) is 48.5 Å². The molecule has 0 saturated carbocycles. The number of anilines is 1. The van der Waals surface area contributed by atoms with Crippen molar-refractivity contribution in [3.05, 3.63) is 64.9 Å². The van der Waals surface area contributed by atoms with E-state index in [9.17, 15) is 17.6 Å². The molecule has 0 radical (unpaired) electrons. The molecule has 0 unspecified atom stereocenters. The molecule has 0 bridgehead atoms. The Morgan fingerprint density at radius 2 is 1.88 bits per heavy atom. The highest BCUT2D eigenvalue weighted by Gasteiger charge is 2.29. The van der Waals surface area contributed by atoms with Crippen LogP contribution in [-0.4, -0.2) is 26.6 Å². The summed E-state index contributed by atoms with van der Waals surface area (Å²) in [4.78, 5) is 12.4. The standard InChI is InChI=1S/C17H18ClFN2O3S/c1-12(17(22)20-11-13-6-8-14(18)9-7-13)21(25(2,23)24)16-5-3-4-15(19)10-16/h3-10,12H,11H2,1-2H3,(H,20,22)/t12-/m1/s1. The molecule has 2 aromatic rings. The van der Waals surface area contributed by atoms with Crippen molar-refractivity contribution in [2.75, 3.05) is 10.6 Å². The van der Waals surface area contributed by atoms with Gasteiger partial charge in [0.15, 0.2) is 0 Å². The monoisotopic (exact) mass is 384 g/mol. The predicted octanol–water partition coefficient (Wildman–Crippen LogP) is 2.95. The fraction of sp³-hybridized carbons (Fsp3) is 0.235. The molecule has 0 aliphatic heterocycles. The lowest BCUT2D eigenvalue weighted by Crippen LogP contribution is -2.47. The molecular weight excluding hydrogens is 367 g/mol. The van der Waals surface area contributed by atoms with Crippen molar-refractivity contribution in [2.45, 2.75) is 19.5 Å². The molecule has 1 amide bonds. The van der Waals surface area contributed by atoms with Crippen molar-refractivity contribution < 1.29 is 17.6 Å². The second-order valence-corrected chi connectivity index (χ2v) is 7.85. The zero-order valence-electron chi connectivity index (χ0n) is 13.7. The molecule has 0 aliphatic carbocycles. The summed E-state index contributed by atoms with van der Waals surface area (Å²) in [6, 6.07) is 11.0. The van der Waals surface area contributed by atoms with E-state index in [-0.39, 0.29) is 12.2 Å². The van der Waals surface area contributed by atoms with E-state index in [1.165, 1.54) is 25.1 Å². The Labute approximate surface area is 151 Å². The van der Waals surface area contributed by atoms with Crippen LogP contribution < -0.4 is 9.62 Å². The molecule has 0 spiro atoms. The largest absolute Gasteiger partial charge is 0.350 e. The molecule has 0 saturated heterocycles. The molecular formula is C17H18ClFN2O3S. The fourth-order valence-electron chi connectivity index (χ4n) is 2.36. The highest BCUT2D eigenvalue weighted by Crippen LogP contribution is 2.21. The average Bonchev–Trinajstić information content (AvgIpc) is 2.53. The minimum atomic E-state index is -3.78. The van der Waals surface area contributed by atoms with Crippen LogP contribution in [0.5, 0.6) is 0 Å². The smallest absolute Gasteiger partial charge is 0.243 e. The predicted molar refractivity (Wildman–Crippen MR) is 96.5 cm³/mol. The molecule has 25 heavy (non-hydrogen) atoms. The Morgan fingerprint density at radius 3 is 2.44 bits per heavy atom. The first-order valence-electron chi connectivity index (χ1n) is 7.45. The van der Waals surface area contributed by atoms with E-state index >= 15 is 0 Å². The van der Waals surface area contributed by atoms with E-state index in [1.807, 2.05) is 0 Å². The summed E-state index contributed by atoms with van der Waals surface area (Å²) in [5, 5.41) is 3.25. The van der Waals surface area contributed by atoms with Crippen molar-refractivity contribution in [3.8, 4) is 0 Å². The van der Waals surface area contributed by atoms with E-state index in [0.717, 1.165) is 22.2 Å². The van der Waals surface area contributed by atoms with Crippen LogP contribution in [0.25, 0.3) is 0 Å². The first-order chi connectivity index (χ1) is 11.7. The van der Waals surface area contributed by atoms with Gasteiger partial charge in [0, 0.05) is 11.6 Å². The first-order valence-corrected chi connectivity index (χ1v) is 9.68. The summed E-state index contributed by atoms with van der Waals surface area (Å²) in [7, 11) is -3.78. The van der Waals surface area contributed by atoms with E-state index in [0.29, 0.717) is 5.02 Å². The lowest BCUT2D eigenvalue weighted by molar-refractivity contribution is -0.122. The molecule has 0 fully saturated rings. The summed E-state index contributed by atoms with van der Waals surface area (Å²) in [6.45, 7) is 1.67. The molecule has 8 heteroatoms. The van der Waals surface area contributed by atoms with E-state index < -0.39 is 27.8 Å². The third kappa shape index (κ3) is 5.17. The zero-order chi connectivity index (χ0) is 18.6. The number of carbonyl (C=O) groups is 1. The number of halogens is 2. The zero-order valence-corrected chi connectivity index (χ0v) is 15.3. The third-order valence-corrected chi connectivity index (χ3v) is 5.02. The van der Waals surface area contributed by atoms with Crippen molar-refractivity contribution in [2.24, 2.45) is 0 Å². The van der Waals surface area contributed by atoms with Crippen LogP contribution >= 0.6 is 11.6 Å².